The van der Waals surface area contributed by atoms with Crippen LogP contribution in [-0.2, 0) is 31.9 Å². The lowest BCUT2D eigenvalue weighted by molar-refractivity contribution is -0.143. The Kier molecular flexibility index (Phi) is 7.89. The first-order valence-corrected chi connectivity index (χ1v) is 11.8. The molecule has 0 saturated heterocycles. The van der Waals surface area contributed by atoms with Crippen LogP contribution in [0.2, 0.25) is 5.02 Å². The fourth-order valence-electron chi connectivity index (χ4n) is 4.04. The number of alkyl halides is 6. The summed E-state index contributed by atoms with van der Waals surface area (Å²) in [6.45, 7) is -0.444. The van der Waals surface area contributed by atoms with Crippen molar-refractivity contribution in [3.8, 4) is 11.5 Å². The Bertz CT molecular complexity index is 1430. The molecule has 0 aliphatic rings. The summed E-state index contributed by atoms with van der Waals surface area (Å²) in [6.07, 6.45) is -9.80. The van der Waals surface area contributed by atoms with E-state index in [9.17, 15) is 31.4 Å². The van der Waals surface area contributed by atoms with Crippen LogP contribution in [-0.4, -0.2) is 55.6 Å². The molecule has 15 heteroatoms. The van der Waals surface area contributed by atoms with Crippen LogP contribution in [0.5, 0.6) is 0 Å². The van der Waals surface area contributed by atoms with Crippen molar-refractivity contribution < 1.29 is 31.4 Å². The van der Waals surface area contributed by atoms with Gasteiger partial charge in [-0.15, -0.1) is 15.3 Å². The van der Waals surface area contributed by atoms with Crippen molar-refractivity contribution >= 4 is 17.4 Å². The van der Waals surface area contributed by atoms with Gasteiger partial charge in [0.15, 0.2) is 17.3 Å². The Morgan fingerprint density at radius 1 is 0.897 bits per heavy atom. The SMILES string of the molecule is CN(C)c1c(-c2nnc(CCO)n2Cc2ccccc2Cl)nnn1Cc1cc(C(F)(F)F)cc(C(F)(F)F)c1. The van der Waals surface area contributed by atoms with E-state index < -0.39 is 30.0 Å². The molecule has 0 bridgehead atoms. The van der Waals surface area contributed by atoms with Gasteiger partial charge in [-0.05, 0) is 35.4 Å². The maximum absolute atomic E-state index is 13.4. The zero-order valence-corrected chi connectivity index (χ0v) is 21.3. The number of rotatable bonds is 8. The fraction of sp³-hybridized carbons (Fsp3) is 0.333. The van der Waals surface area contributed by atoms with Crippen molar-refractivity contribution in [2.75, 3.05) is 25.6 Å². The molecule has 0 aliphatic carbocycles. The highest BCUT2D eigenvalue weighted by molar-refractivity contribution is 6.31. The average Bonchev–Trinajstić information content (AvgIpc) is 3.43. The van der Waals surface area contributed by atoms with E-state index in [1.54, 1.807) is 47.8 Å². The number of aromatic nitrogens is 6. The normalized spacial score (nSPS) is 12.3. The molecule has 208 valence electrons. The zero-order valence-electron chi connectivity index (χ0n) is 20.6. The van der Waals surface area contributed by atoms with Gasteiger partial charge in [0.25, 0.3) is 0 Å². The van der Waals surface area contributed by atoms with Crippen molar-refractivity contribution in [1.29, 1.82) is 0 Å². The Balaban J connectivity index is 1.80. The van der Waals surface area contributed by atoms with Crippen LogP contribution < -0.4 is 4.90 Å². The van der Waals surface area contributed by atoms with E-state index >= 15 is 0 Å². The Morgan fingerprint density at radius 2 is 1.54 bits per heavy atom. The molecule has 0 saturated carbocycles. The van der Waals surface area contributed by atoms with Crippen molar-refractivity contribution in [1.82, 2.24) is 29.8 Å². The third-order valence-corrected chi connectivity index (χ3v) is 6.14. The predicted octanol–water partition coefficient (Wildman–Crippen LogP) is 4.93. The van der Waals surface area contributed by atoms with Gasteiger partial charge >= 0.3 is 12.4 Å². The van der Waals surface area contributed by atoms with E-state index in [0.717, 1.165) is 5.56 Å². The van der Waals surface area contributed by atoms with E-state index in [0.29, 0.717) is 23.0 Å². The molecule has 39 heavy (non-hydrogen) atoms. The first kappa shape index (κ1) is 28.4. The minimum Gasteiger partial charge on any atom is -0.396 e. The number of halogens is 7. The summed E-state index contributed by atoms with van der Waals surface area (Å²) < 4.78 is 83.1. The summed E-state index contributed by atoms with van der Waals surface area (Å²) in [7, 11) is 3.24. The maximum Gasteiger partial charge on any atom is 0.416 e. The first-order chi connectivity index (χ1) is 18.3. The fourth-order valence-corrected chi connectivity index (χ4v) is 4.24. The summed E-state index contributed by atoms with van der Waals surface area (Å²) in [5.41, 5.74) is -2.21. The summed E-state index contributed by atoms with van der Waals surface area (Å²) in [4.78, 5) is 1.56. The van der Waals surface area contributed by atoms with Crippen LogP contribution in [0.15, 0.2) is 42.5 Å². The lowest BCUT2D eigenvalue weighted by Gasteiger charge is -2.18. The lowest BCUT2D eigenvalue weighted by Crippen LogP contribution is -2.18. The molecule has 8 nitrogen and oxygen atoms in total. The molecule has 4 aromatic rings. The number of nitrogens with zero attached hydrogens (tertiary/aromatic N) is 7. The second kappa shape index (κ2) is 10.8. The van der Waals surface area contributed by atoms with Crippen molar-refractivity contribution in [2.24, 2.45) is 0 Å². The van der Waals surface area contributed by atoms with Gasteiger partial charge in [-0.25, -0.2) is 4.68 Å². The van der Waals surface area contributed by atoms with E-state index in [4.69, 9.17) is 11.6 Å². The van der Waals surface area contributed by atoms with Crippen LogP contribution in [0.25, 0.3) is 11.5 Å². The van der Waals surface area contributed by atoms with Gasteiger partial charge in [0, 0.05) is 25.5 Å². The van der Waals surface area contributed by atoms with Crippen LogP contribution in [0.4, 0.5) is 32.2 Å². The van der Waals surface area contributed by atoms with Crippen molar-refractivity contribution in [3.63, 3.8) is 0 Å². The largest absolute Gasteiger partial charge is 0.416 e. The molecular weight excluding hydrogens is 552 g/mol. The van der Waals surface area contributed by atoms with E-state index in [1.807, 2.05) is 0 Å². The van der Waals surface area contributed by atoms with Gasteiger partial charge < -0.3 is 14.6 Å². The molecular formula is C24H22ClF6N7O. The minimum absolute atomic E-state index is 0.0724. The number of benzene rings is 2. The molecule has 4 rings (SSSR count). The summed E-state index contributed by atoms with van der Waals surface area (Å²) in [5.74, 6) is 0.914. The summed E-state index contributed by atoms with van der Waals surface area (Å²) >= 11 is 6.33. The van der Waals surface area contributed by atoms with E-state index in [1.165, 1.54) is 4.68 Å². The molecule has 0 aliphatic heterocycles. The monoisotopic (exact) mass is 573 g/mol. The van der Waals surface area contributed by atoms with E-state index in [2.05, 4.69) is 20.5 Å². The number of anilines is 1. The second-order valence-electron chi connectivity index (χ2n) is 8.82. The summed E-state index contributed by atoms with van der Waals surface area (Å²) in [5, 5.41) is 26.5. The Labute approximate surface area is 223 Å². The van der Waals surface area contributed by atoms with Crippen LogP contribution in [0.3, 0.4) is 0 Å². The van der Waals surface area contributed by atoms with Crippen molar-refractivity contribution in [2.45, 2.75) is 31.9 Å². The van der Waals surface area contributed by atoms with Gasteiger partial charge in [0.2, 0.25) is 0 Å². The zero-order chi connectivity index (χ0) is 28.5. The van der Waals surface area contributed by atoms with Gasteiger partial charge in [-0.2, -0.15) is 26.3 Å². The van der Waals surface area contributed by atoms with Crippen LogP contribution in [0, 0.1) is 0 Å². The Hall–Kier alpha value is -3.65. The standard InChI is InChI=1S/C24H22ClF6N7O/c1-36(2)22-20(21-34-32-19(7-8-39)37(21)13-15-5-3-4-6-18(15)25)33-35-38(22)12-14-9-16(23(26,27)28)11-17(10-14)24(29,30)31/h3-6,9-11,39H,7-8,12-13H2,1-2H3. The van der Waals surface area contributed by atoms with Gasteiger partial charge in [-0.3, -0.25) is 0 Å². The molecule has 1 N–H and O–H groups in total. The molecule has 0 unspecified atom stereocenters. The van der Waals surface area contributed by atoms with Crippen LogP contribution in [0.1, 0.15) is 28.1 Å². The second-order valence-corrected chi connectivity index (χ2v) is 9.23. The molecule has 2 aromatic heterocycles. The number of aliphatic hydroxyl groups is 1. The third kappa shape index (κ3) is 6.17. The molecule has 0 spiro atoms. The third-order valence-electron chi connectivity index (χ3n) is 5.77. The number of hydrogen-bond acceptors (Lipinski definition) is 6. The molecule has 2 heterocycles. The smallest absolute Gasteiger partial charge is 0.396 e. The highest BCUT2D eigenvalue weighted by Crippen LogP contribution is 2.37. The van der Waals surface area contributed by atoms with Gasteiger partial charge in [0.05, 0.1) is 30.8 Å². The lowest BCUT2D eigenvalue weighted by atomic mass is 10.0. The van der Waals surface area contributed by atoms with Gasteiger partial charge in [-0.1, -0.05) is 35.0 Å². The molecule has 0 amide bonds. The number of aliphatic hydroxyl groups excluding tert-OH is 1. The molecule has 2 aromatic carbocycles. The average molecular weight is 574 g/mol. The van der Waals surface area contributed by atoms with Gasteiger partial charge in [0.1, 0.15) is 5.82 Å². The molecule has 0 radical (unpaired) electrons. The topological polar surface area (TPSA) is 84.9 Å². The highest BCUT2D eigenvalue weighted by Gasteiger charge is 2.37. The molecule has 0 fully saturated rings. The van der Waals surface area contributed by atoms with Crippen LogP contribution >= 0.6 is 11.6 Å². The highest BCUT2D eigenvalue weighted by atomic mass is 35.5. The Morgan fingerprint density at radius 3 is 2.10 bits per heavy atom. The molecule has 0 atom stereocenters. The minimum atomic E-state index is -4.98. The maximum atomic E-state index is 13.4. The predicted molar refractivity (Wildman–Crippen MR) is 130 cm³/mol. The summed E-state index contributed by atoms with van der Waals surface area (Å²) in [6, 6.07) is 8.43. The quantitative estimate of drug-likeness (QED) is 0.301. The first-order valence-electron chi connectivity index (χ1n) is 11.5. The van der Waals surface area contributed by atoms with E-state index in [-0.39, 0.29) is 48.5 Å². The number of hydrogen-bond donors (Lipinski definition) is 1. The van der Waals surface area contributed by atoms with Crippen molar-refractivity contribution in [3.05, 3.63) is 75.6 Å².